The van der Waals surface area contributed by atoms with Crippen molar-refractivity contribution >= 4 is 11.8 Å². The minimum absolute atomic E-state index is 0.173. The van der Waals surface area contributed by atoms with Crippen molar-refractivity contribution in [2.45, 2.75) is 46.1 Å². The summed E-state index contributed by atoms with van der Waals surface area (Å²) >= 11 is 0. The fourth-order valence-electron chi connectivity index (χ4n) is 1.71. The van der Waals surface area contributed by atoms with Crippen molar-refractivity contribution in [3.05, 3.63) is 12.0 Å². The Hall–Kier alpha value is -1.39. The van der Waals surface area contributed by atoms with Crippen LogP contribution in [0.15, 0.2) is 6.20 Å². The fourth-order valence-corrected chi connectivity index (χ4v) is 1.71. The van der Waals surface area contributed by atoms with Crippen LogP contribution < -0.4 is 10.6 Å². The summed E-state index contributed by atoms with van der Waals surface area (Å²) in [6.07, 6.45) is 3.18. The van der Waals surface area contributed by atoms with Gasteiger partial charge in [0, 0.05) is 12.1 Å². The second-order valence-electron chi connectivity index (χ2n) is 4.68. The molecule has 0 aliphatic rings. The highest BCUT2D eigenvalue weighted by molar-refractivity contribution is 5.42. The second-order valence-corrected chi connectivity index (χ2v) is 4.68. The maximum atomic E-state index is 13.6. The Morgan fingerprint density at radius 3 is 2.65 bits per heavy atom. The zero-order chi connectivity index (χ0) is 12.9. The van der Waals surface area contributed by atoms with Crippen LogP contribution in [0.5, 0.6) is 0 Å². The summed E-state index contributed by atoms with van der Waals surface area (Å²) in [5.41, 5.74) is -0.173. The summed E-state index contributed by atoms with van der Waals surface area (Å²) < 4.78 is 13.6. The van der Waals surface area contributed by atoms with E-state index in [0.717, 1.165) is 12.8 Å². The quantitative estimate of drug-likeness (QED) is 0.802. The highest BCUT2D eigenvalue weighted by atomic mass is 19.1. The lowest BCUT2D eigenvalue weighted by Crippen LogP contribution is -2.31. The van der Waals surface area contributed by atoms with E-state index in [1.165, 1.54) is 6.20 Å². The number of nitrogens with zero attached hydrogens (tertiary/aromatic N) is 2. The Balaban J connectivity index is 2.85. The molecule has 1 aromatic heterocycles. The summed E-state index contributed by atoms with van der Waals surface area (Å²) in [5.74, 6) is 0.286. The Kier molecular flexibility index (Phi) is 4.66. The molecule has 1 aromatic rings. The standard InChI is InChI=1S/C12H21FN4/c1-5-7-12(3,4)17-10-9(13)8-15-11(16-10)14-6-2/h8H,5-7H2,1-4H3,(H2,14,15,16,17). The number of anilines is 2. The third kappa shape index (κ3) is 4.17. The van der Waals surface area contributed by atoms with Gasteiger partial charge in [-0.05, 0) is 27.2 Å². The van der Waals surface area contributed by atoms with Crippen molar-refractivity contribution in [3.8, 4) is 0 Å². The molecule has 96 valence electrons. The van der Waals surface area contributed by atoms with E-state index in [2.05, 4.69) is 27.5 Å². The maximum absolute atomic E-state index is 13.6. The second kappa shape index (κ2) is 5.80. The molecule has 0 atom stereocenters. The molecule has 1 rings (SSSR count). The van der Waals surface area contributed by atoms with Crippen LogP contribution in [-0.4, -0.2) is 22.1 Å². The molecule has 0 bridgehead atoms. The van der Waals surface area contributed by atoms with Crippen molar-refractivity contribution in [1.82, 2.24) is 9.97 Å². The van der Waals surface area contributed by atoms with E-state index >= 15 is 0 Å². The van der Waals surface area contributed by atoms with Crippen LogP contribution in [0.2, 0.25) is 0 Å². The normalized spacial score (nSPS) is 11.4. The van der Waals surface area contributed by atoms with Crippen LogP contribution in [0.3, 0.4) is 0 Å². The number of halogens is 1. The molecule has 1 heterocycles. The average Bonchev–Trinajstić information content (AvgIpc) is 2.23. The van der Waals surface area contributed by atoms with Gasteiger partial charge in [-0.1, -0.05) is 13.3 Å². The molecular weight excluding hydrogens is 219 g/mol. The lowest BCUT2D eigenvalue weighted by Gasteiger charge is -2.26. The van der Waals surface area contributed by atoms with Gasteiger partial charge in [0.2, 0.25) is 5.95 Å². The van der Waals surface area contributed by atoms with Gasteiger partial charge >= 0.3 is 0 Å². The largest absolute Gasteiger partial charge is 0.363 e. The summed E-state index contributed by atoms with van der Waals surface area (Å²) in [7, 11) is 0. The van der Waals surface area contributed by atoms with E-state index in [0.29, 0.717) is 12.5 Å². The molecule has 17 heavy (non-hydrogen) atoms. The van der Waals surface area contributed by atoms with Crippen molar-refractivity contribution in [2.24, 2.45) is 0 Å². The van der Waals surface area contributed by atoms with Crippen molar-refractivity contribution in [3.63, 3.8) is 0 Å². The summed E-state index contributed by atoms with van der Waals surface area (Å²) in [4.78, 5) is 7.99. The van der Waals surface area contributed by atoms with Gasteiger partial charge < -0.3 is 10.6 Å². The highest BCUT2D eigenvalue weighted by Gasteiger charge is 2.19. The fraction of sp³-hybridized carbons (Fsp3) is 0.667. The molecule has 2 N–H and O–H groups in total. The number of aromatic nitrogens is 2. The van der Waals surface area contributed by atoms with Crippen molar-refractivity contribution in [1.29, 1.82) is 0 Å². The van der Waals surface area contributed by atoms with Gasteiger partial charge in [-0.15, -0.1) is 0 Å². The summed E-state index contributed by atoms with van der Waals surface area (Å²) in [5, 5.41) is 6.08. The van der Waals surface area contributed by atoms with Gasteiger partial charge in [-0.3, -0.25) is 0 Å². The van der Waals surface area contributed by atoms with E-state index in [-0.39, 0.29) is 11.4 Å². The maximum Gasteiger partial charge on any atom is 0.224 e. The van der Waals surface area contributed by atoms with E-state index in [4.69, 9.17) is 0 Å². The first-order valence-corrected chi connectivity index (χ1v) is 6.03. The van der Waals surface area contributed by atoms with Gasteiger partial charge in [0.05, 0.1) is 6.20 Å². The van der Waals surface area contributed by atoms with E-state index < -0.39 is 5.82 Å². The predicted molar refractivity (Wildman–Crippen MR) is 68.8 cm³/mol. The lowest BCUT2D eigenvalue weighted by atomic mass is 9.99. The molecule has 0 saturated carbocycles. The Bertz CT molecular complexity index is 366. The zero-order valence-electron chi connectivity index (χ0n) is 11.0. The van der Waals surface area contributed by atoms with Gasteiger partial charge in [-0.2, -0.15) is 4.98 Å². The first kappa shape index (κ1) is 13.7. The molecule has 0 aliphatic heterocycles. The first-order valence-electron chi connectivity index (χ1n) is 6.03. The predicted octanol–water partition coefficient (Wildman–Crippen LogP) is 3.04. The third-order valence-corrected chi connectivity index (χ3v) is 2.41. The zero-order valence-corrected chi connectivity index (χ0v) is 11.0. The topological polar surface area (TPSA) is 49.8 Å². The van der Waals surface area contributed by atoms with Crippen LogP contribution in [0.1, 0.15) is 40.5 Å². The van der Waals surface area contributed by atoms with Gasteiger partial charge in [0.1, 0.15) is 0 Å². The molecule has 0 unspecified atom stereocenters. The van der Waals surface area contributed by atoms with E-state index in [9.17, 15) is 4.39 Å². The molecule has 0 fully saturated rings. The Morgan fingerprint density at radius 2 is 2.06 bits per heavy atom. The van der Waals surface area contributed by atoms with E-state index in [1.807, 2.05) is 20.8 Å². The lowest BCUT2D eigenvalue weighted by molar-refractivity contribution is 0.501. The molecule has 0 aromatic carbocycles. The summed E-state index contributed by atoms with van der Waals surface area (Å²) in [6.45, 7) is 8.82. The minimum atomic E-state index is -0.421. The highest BCUT2D eigenvalue weighted by Crippen LogP contribution is 2.20. The molecule has 4 nitrogen and oxygen atoms in total. The van der Waals surface area contributed by atoms with Crippen molar-refractivity contribution < 1.29 is 4.39 Å². The van der Waals surface area contributed by atoms with Crippen LogP contribution in [-0.2, 0) is 0 Å². The smallest absolute Gasteiger partial charge is 0.224 e. The van der Waals surface area contributed by atoms with Crippen LogP contribution >= 0.6 is 0 Å². The number of hydrogen-bond acceptors (Lipinski definition) is 4. The molecule has 5 heteroatoms. The molecule has 0 aliphatic carbocycles. The molecule has 0 amide bonds. The van der Waals surface area contributed by atoms with Crippen molar-refractivity contribution in [2.75, 3.05) is 17.2 Å². The monoisotopic (exact) mass is 240 g/mol. The van der Waals surface area contributed by atoms with E-state index in [1.54, 1.807) is 0 Å². The molecule has 0 saturated heterocycles. The molecule has 0 radical (unpaired) electrons. The van der Waals surface area contributed by atoms with Crippen LogP contribution in [0.25, 0.3) is 0 Å². The SMILES string of the molecule is CCCC(C)(C)Nc1nc(NCC)ncc1F. The van der Waals surface area contributed by atoms with Gasteiger partial charge in [-0.25, -0.2) is 9.37 Å². The minimum Gasteiger partial charge on any atom is -0.363 e. The van der Waals surface area contributed by atoms with Gasteiger partial charge in [0.15, 0.2) is 11.6 Å². The summed E-state index contributed by atoms with van der Waals surface area (Å²) in [6, 6.07) is 0. The van der Waals surface area contributed by atoms with Crippen LogP contribution in [0, 0.1) is 5.82 Å². The molecule has 0 spiro atoms. The average molecular weight is 240 g/mol. The Labute approximate surface area is 102 Å². The third-order valence-electron chi connectivity index (χ3n) is 2.41. The van der Waals surface area contributed by atoms with Gasteiger partial charge in [0.25, 0.3) is 0 Å². The number of nitrogens with one attached hydrogen (secondary N) is 2. The Morgan fingerprint density at radius 1 is 1.35 bits per heavy atom. The number of rotatable bonds is 6. The number of hydrogen-bond donors (Lipinski definition) is 2. The molecular formula is C12H21FN4. The first-order chi connectivity index (χ1) is 7.98. The van der Waals surface area contributed by atoms with Crippen LogP contribution in [0.4, 0.5) is 16.2 Å².